The van der Waals surface area contributed by atoms with Crippen molar-refractivity contribution < 1.29 is 4.74 Å². The average Bonchev–Trinajstić information content (AvgIpc) is 2.29. The fourth-order valence-corrected chi connectivity index (χ4v) is 1.90. The molecule has 0 bridgehead atoms. The van der Waals surface area contributed by atoms with Gasteiger partial charge in [0.25, 0.3) is 0 Å². The van der Waals surface area contributed by atoms with Crippen molar-refractivity contribution in [3.05, 3.63) is 28.8 Å². The predicted molar refractivity (Wildman–Crippen MR) is 72.7 cm³/mol. The third-order valence-corrected chi connectivity index (χ3v) is 3.11. The lowest BCUT2D eigenvalue weighted by Crippen LogP contribution is -2.32. The molecule has 0 amide bonds. The van der Waals surface area contributed by atoms with Crippen molar-refractivity contribution in [2.45, 2.75) is 33.2 Å². The molecular weight excluding hydrogens is 212 g/mol. The van der Waals surface area contributed by atoms with Crippen molar-refractivity contribution in [3.63, 3.8) is 0 Å². The maximum atomic E-state index is 5.68. The summed E-state index contributed by atoms with van der Waals surface area (Å²) in [5.74, 6) is 0.967. The highest BCUT2D eigenvalue weighted by Crippen LogP contribution is 2.23. The van der Waals surface area contributed by atoms with Crippen LogP contribution in [0.1, 0.15) is 23.6 Å². The topological polar surface area (TPSA) is 47.3 Å². The summed E-state index contributed by atoms with van der Waals surface area (Å²) in [6, 6.07) is 4.41. The molecule has 3 N–H and O–H groups in total. The van der Waals surface area contributed by atoms with E-state index < -0.39 is 0 Å². The van der Waals surface area contributed by atoms with E-state index in [1.165, 1.54) is 16.7 Å². The summed E-state index contributed by atoms with van der Waals surface area (Å²) < 4.78 is 5.31. The molecule has 0 aliphatic carbocycles. The van der Waals surface area contributed by atoms with Crippen LogP contribution in [0.3, 0.4) is 0 Å². The fraction of sp³-hybridized carbons (Fsp3) is 0.571. The lowest BCUT2D eigenvalue weighted by Gasteiger charge is -2.13. The lowest BCUT2D eigenvalue weighted by atomic mass is 10.00. The Labute approximate surface area is 104 Å². The zero-order chi connectivity index (χ0) is 12.8. The summed E-state index contributed by atoms with van der Waals surface area (Å²) in [6.07, 6.45) is 1.03. The number of methoxy groups -OCH3 is 1. The van der Waals surface area contributed by atoms with Gasteiger partial charge >= 0.3 is 0 Å². The van der Waals surface area contributed by atoms with Gasteiger partial charge in [-0.15, -0.1) is 0 Å². The number of hydrogen-bond acceptors (Lipinski definition) is 3. The molecule has 1 unspecified atom stereocenters. The second-order valence-corrected chi connectivity index (χ2v) is 4.61. The Kier molecular flexibility index (Phi) is 5.45. The highest BCUT2D eigenvalue weighted by atomic mass is 16.5. The van der Waals surface area contributed by atoms with Crippen LogP contribution in [-0.4, -0.2) is 26.2 Å². The van der Waals surface area contributed by atoms with Crippen LogP contribution in [0.15, 0.2) is 12.1 Å². The molecule has 0 aliphatic heterocycles. The normalized spacial score (nSPS) is 12.5. The van der Waals surface area contributed by atoms with Gasteiger partial charge in [0.2, 0.25) is 0 Å². The highest BCUT2D eigenvalue weighted by molar-refractivity contribution is 5.43. The van der Waals surface area contributed by atoms with Gasteiger partial charge in [-0.3, -0.25) is 0 Å². The molecule has 1 rings (SSSR count). The van der Waals surface area contributed by atoms with Gasteiger partial charge in [-0.2, -0.15) is 0 Å². The van der Waals surface area contributed by atoms with Gasteiger partial charge in [-0.05, 0) is 56.5 Å². The van der Waals surface area contributed by atoms with E-state index in [0.717, 1.165) is 25.3 Å². The van der Waals surface area contributed by atoms with E-state index >= 15 is 0 Å². The van der Waals surface area contributed by atoms with Crippen molar-refractivity contribution >= 4 is 0 Å². The van der Waals surface area contributed by atoms with Crippen molar-refractivity contribution in [2.75, 3.05) is 20.2 Å². The van der Waals surface area contributed by atoms with E-state index in [4.69, 9.17) is 10.5 Å². The number of rotatable bonds is 6. The first-order valence-corrected chi connectivity index (χ1v) is 6.15. The van der Waals surface area contributed by atoms with Crippen LogP contribution < -0.4 is 15.8 Å². The third kappa shape index (κ3) is 4.02. The third-order valence-electron chi connectivity index (χ3n) is 3.11. The Morgan fingerprint density at radius 3 is 2.59 bits per heavy atom. The number of nitrogens with two attached hydrogens (primary N) is 1. The van der Waals surface area contributed by atoms with Crippen LogP contribution in [0.2, 0.25) is 0 Å². The summed E-state index contributed by atoms with van der Waals surface area (Å²) in [4.78, 5) is 0. The SMILES string of the molecule is COc1ccc(CCNCC(C)N)c(C)c1C. The van der Waals surface area contributed by atoms with Crippen LogP contribution in [-0.2, 0) is 6.42 Å². The Hall–Kier alpha value is -1.06. The molecule has 0 radical (unpaired) electrons. The molecule has 0 heterocycles. The van der Waals surface area contributed by atoms with Crippen molar-refractivity contribution in [1.82, 2.24) is 5.32 Å². The van der Waals surface area contributed by atoms with Gasteiger partial charge in [0.15, 0.2) is 0 Å². The fourth-order valence-electron chi connectivity index (χ4n) is 1.90. The number of ether oxygens (including phenoxy) is 1. The zero-order valence-corrected chi connectivity index (χ0v) is 11.3. The van der Waals surface area contributed by atoms with Gasteiger partial charge in [0, 0.05) is 12.6 Å². The maximum absolute atomic E-state index is 5.68. The number of nitrogens with one attached hydrogen (secondary N) is 1. The van der Waals surface area contributed by atoms with Crippen molar-refractivity contribution in [1.29, 1.82) is 0 Å². The van der Waals surface area contributed by atoms with Crippen LogP contribution in [0.4, 0.5) is 0 Å². The Morgan fingerprint density at radius 2 is 2.00 bits per heavy atom. The monoisotopic (exact) mass is 236 g/mol. The first kappa shape index (κ1) is 14.0. The van der Waals surface area contributed by atoms with E-state index in [2.05, 4.69) is 25.2 Å². The Bertz CT molecular complexity index is 361. The summed E-state index contributed by atoms with van der Waals surface area (Å²) in [6.45, 7) is 8.10. The zero-order valence-electron chi connectivity index (χ0n) is 11.3. The standard InChI is InChI=1S/C14H24N2O/c1-10(15)9-16-8-7-13-5-6-14(17-4)12(3)11(13)2/h5-6,10,16H,7-9,15H2,1-4H3. The molecule has 0 saturated heterocycles. The van der Waals surface area contributed by atoms with Crippen molar-refractivity contribution in [3.8, 4) is 5.75 Å². The second-order valence-electron chi connectivity index (χ2n) is 4.61. The molecule has 3 nitrogen and oxygen atoms in total. The van der Waals surface area contributed by atoms with E-state index in [9.17, 15) is 0 Å². The molecule has 1 aromatic carbocycles. The summed E-state index contributed by atoms with van der Waals surface area (Å²) >= 11 is 0. The summed E-state index contributed by atoms with van der Waals surface area (Å²) in [5.41, 5.74) is 9.62. The van der Waals surface area contributed by atoms with E-state index in [1.54, 1.807) is 7.11 Å². The molecule has 1 aromatic rings. The molecule has 0 fully saturated rings. The van der Waals surface area contributed by atoms with Gasteiger partial charge in [0.1, 0.15) is 5.75 Å². The quantitative estimate of drug-likeness (QED) is 0.740. The largest absolute Gasteiger partial charge is 0.496 e. The number of benzene rings is 1. The Morgan fingerprint density at radius 1 is 1.29 bits per heavy atom. The molecule has 0 aromatic heterocycles. The molecular formula is C14H24N2O. The second kappa shape index (κ2) is 6.62. The van der Waals surface area contributed by atoms with Crippen LogP contribution >= 0.6 is 0 Å². The molecule has 0 aliphatic rings. The molecule has 96 valence electrons. The van der Waals surface area contributed by atoms with Gasteiger partial charge in [0.05, 0.1) is 7.11 Å². The Balaban J connectivity index is 2.57. The predicted octanol–water partition coefficient (Wildman–Crippen LogP) is 1.79. The van der Waals surface area contributed by atoms with Gasteiger partial charge in [-0.1, -0.05) is 6.07 Å². The van der Waals surface area contributed by atoms with Gasteiger partial charge < -0.3 is 15.8 Å². The highest BCUT2D eigenvalue weighted by Gasteiger charge is 2.06. The number of hydrogen-bond donors (Lipinski definition) is 2. The summed E-state index contributed by atoms with van der Waals surface area (Å²) in [7, 11) is 1.71. The minimum Gasteiger partial charge on any atom is -0.496 e. The minimum absolute atomic E-state index is 0.216. The van der Waals surface area contributed by atoms with Gasteiger partial charge in [-0.25, -0.2) is 0 Å². The first-order valence-electron chi connectivity index (χ1n) is 6.15. The van der Waals surface area contributed by atoms with Crippen LogP contribution in [0, 0.1) is 13.8 Å². The molecule has 0 spiro atoms. The first-order chi connectivity index (χ1) is 8.06. The molecule has 1 atom stereocenters. The summed E-state index contributed by atoms with van der Waals surface area (Å²) in [5, 5.41) is 3.35. The molecule has 0 saturated carbocycles. The molecule has 17 heavy (non-hydrogen) atoms. The lowest BCUT2D eigenvalue weighted by molar-refractivity contribution is 0.411. The van der Waals surface area contributed by atoms with E-state index in [-0.39, 0.29) is 6.04 Å². The van der Waals surface area contributed by atoms with E-state index in [1.807, 2.05) is 13.0 Å². The minimum atomic E-state index is 0.216. The van der Waals surface area contributed by atoms with E-state index in [0.29, 0.717) is 0 Å². The maximum Gasteiger partial charge on any atom is 0.122 e. The smallest absolute Gasteiger partial charge is 0.122 e. The van der Waals surface area contributed by atoms with Crippen LogP contribution in [0.25, 0.3) is 0 Å². The van der Waals surface area contributed by atoms with Crippen molar-refractivity contribution in [2.24, 2.45) is 5.73 Å². The average molecular weight is 236 g/mol. The molecule has 3 heteroatoms. The van der Waals surface area contributed by atoms with Crippen LogP contribution in [0.5, 0.6) is 5.75 Å².